The number of nitriles is 1. The molecule has 2 N–H and O–H groups in total. The second kappa shape index (κ2) is 7.55. The number of nitrogens with two attached hydrogens (primary N) is 1. The van der Waals surface area contributed by atoms with Crippen molar-refractivity contribution in [2.75, 3.05) is 7.05 Å². The zero-order valence-electron chi connectivity index (χ0n) is 11.6. The van der Waals surface area contributed by atoms with Crippen LogP contribution in [-0.2, 0) is 11.3 Å². The van der Waals surface area contributed by atoms with E-state index in [0.717, 1.165) is 18.4 Å². The Labute approximate surface area is 114 Å². The molecule has 0 saturated carbocycles. The molecule has 0 spiro atoms. The van der Waals surface area contributed by atoms with Gasteiger partial charge >= 0.3 is 0 Å². The van der Waals surface area contributed by atoms with Gasteiger partial charge in [-0.2, -0.15) is 5.26 Å². The highest BCUT2D eigenvalue weighted by Crippen LogP contribution is 2.09. The van der Waals surface area contributed by atoms with E-state index in [0.29, 0.717) is 18.5 Å². The van der Waals surface area contributed by atoms with Gasteiger partial charge in [-0.3, -0.25) is 4.79 Å². The fraction of sp³-hybridized carbons (Fsp3) is 0.467. The fourth-order valence-electron chi connectivity index (χ4n) is 1.95. The highest BCUT2D eigenvalue weighted by molar-refractivity contribution is 5.76. The van der Waals surface area contributed by atoms with Gasteiger partial charge in [-0.1, -0.05) is 25.5 Å². The summed E-state index contributed by atoms with van der Waals surface area (Å²) in [6.45, 7) is 2.56. The van der Waals surface area contributed by atoms with Crippen LogP contribution in [-0.4, -0.2) is 23.9 Å². The normalized spacial score (nSPS) is 11.7. The van der Waals surface area contributed by atoms with E-state index in [-0.39, 0.29) is 11.9 Å². The Bertz CT molecular complexity index is 465. The van der Waals surface area contributed by atoms with Gasteiger partial charge in [0, 0.05) is 26.1 Å². The fourth-order valence-corrected chi connectivity index (χ4v) is 1.95. The smallest absolute Gasteiger partial charge is 0.224 e. The second-order valence-electron chi connectivity index (χ2n) is 4.81. The minimum absolute atomic E-state index is 0.0447. The van der Waals surface area contributed by atoms with Gasteiger partial charge in [-0.25, -0.2) is 0 Å². The first-order valence-electron chi connectivity index (χ1n) is 6.55. The number of rotatable bonds is 6. The second-order valence-corrected chi connectivity index (χ2v) is 4.81. The maximum absolute atomic E-state index is 12.0. The molecule has 102 valence electrons. The summed E-state index contributed by atoms with van der Waals surface area (Å²) in [7, 11) is 1.76. The number of hydrogen-bond acceptors (Lipinski definition) is 3. The summed E-state index contributed by atoms with van der Waals surface area (Å²) in [5.41, 5.74) is 7.44. The van der Waals surface area contributed by atoms with Crippen LogP contribution in [0.5, 0.6) is 0 Å². The Morgan fingerprint density at radius 3 is 2.89 bits per heavy atom. The monoisotopic (exact) mass is 259 g/mol. The predicted octanol–water partition coefficient (Wildman–Crippen LogP) is 2.03. The zero-order valence-corrected chi connectivity index (χ0v) is 11.6. The summed E-state index contributed by atoms with van der Waals surface area (Å²) in [5, 5.41) is 8.84. The van der Waals surface area contributed by atoms with Gasteiger partial charge in [0.15, 0.2) is 0 Å². The highest BCUT2D eigenvalue weighted by Gasteiger charge is 2.13. The van der Waals surface area contributed by atoms with Crippen LogP contribution in [0.25, 0.3) is 0 Å². The predicted molar refractivity (Wildman–Crippen MR) is 75.1 cm³/mol. The topological polar surface area (TPSA) is 70.1 Å². The molecule has 0 bridgehead atoms. The maximum Gasteiger partial charge on any atom is 0.224 e. The Morgan fingerprint density at radius 1 is 1.53 bits per heavy atom. The lowest BCUT2D eigenvalue weighted by molar-refractivity contribution is -0.130. The van der Waals surface area contributed by atoms with Gasteiger partial charge in [-0.05, 0) is 24.1 Å². The van der Waals surface area contributed by atoms with Crippen LogP contribution in [0.15, 0.2) is 24.3 Å². The largest absolute Gasteiger partial charge is 0.341 e. The number of nitrogens with zero attached hydrogens (tertiary/aromatic N) is 2. The van der Waals surface area contributed by atoms with Crippen LogP contribution in [0.1, 0.15) is 37.3 Å². The van der Waals surface area contributed by atoms with Crippen LogP contribution in [0.2, 0.25) is 0 Å². The number of hydrogen-bond donors (Lipinski definition) is 1. The SMILES string of the molecule is CCCC(N)CC(=O)N(C)Cc1cccc(C#N)c1. The van der Waals surface area contributed by atoms with E-state index in [1.807, 2.05) is 12.1 Å². The molecule has 0 fully saturated rings. The van der Waals surface area contributed by atoms with Gasteiger partial charge in [0.25, 0.3) is 0 Å². The Hall–Kier alpha value is -1.86. The van der Waals surface area contributed by atoms with Crippen molar-refractivity contribution in [3.05, 3.63) is 35.4 Å². The summed E-state index contributed by atoms with van der Waals surface area (Å²) in [6, 6.07) is 9.33. The molecule has 1 aromatic rings. The number of amides is 1. The molecule has 0 radical (unpaired) electrons. The summed E-state index contributed by atoms with van der Waals surface area (Å²) in [5.74, 6) is 0.0447. The van der Waals surface area contributed by atoms with Crippen LogP contribution < -0.4 is 5.73 Å². The van der Waals surface area contributed by atoms with E-state index in [1.165, 1.54) is 0 Å². The lowest BCUT2D eigenvalue weighted by Crippen LogP contribution is -2.32. The molecule has 0 aliphatic heterocycles. The molecule has 0 aliphatic carbocycles. The third-order valence-corrected chi connectivity index (χ3v) is 3.00. The van der Waals surface area contributed by atoms with Crippen molar-refractivity contribution in [2.24, 2.45) is 5.73 Å². The van der Waals surface area contributed by atoms with Gasteiger partial charge in [-0.15, -0.1) is 0 Å². The molecule has 1 unspecified atom stereocenters. The van der Waals surface area contributed by atoms with Gasteiger partial charge in [0.2, 0.25) is 5.91 Å². The van der Waals surface area contributed by atoms with Crippen molar-refractivity contribution in [3.8, 4) is 6.07 Å². The Kier molecular flexibility index (Phi) is 6.04. The van der Waals surface area contributed by atoms with E-state index in [9.17, 15) is 4.79 Å². The summed E-state index contributed by atoms with van der Waals surface area (Å²) in [4.78, 5) is 13.6. The number of carbonyl (C=O) groups is 1. The lowest BCUT2D eigenvalue weighted by atomic mass is 10.1. The molecule has 19 heavy (non-hydrogen) atoms. The maximum atomic E-state index is 12.0. The average Bonchev–Trinajstić information content (AvgIpc) is 2.39. The van der Waals surface area contributed by atoms with E-state index in [2.05, 4.69) is 13.0 Å². The first-order valence-corrected chi connectivity index (χ1v) is 6.55. The van der Waals surface area contributed by atoms with Crippen molar-refractivity contribution in [3.63, 3.8) is 0 Å². The molecule has 0 saturated heterocycles. The minimum atomic E-state index is -0.0645. The van der Waals surface area contributed by atoms with Crippen molar-refractivity contribution in [1.82, 2.24) is 4.90 Å². The third kappa shape index (κ3) is 5.11. The lowest BCUT2D eigenvalue weighted by Gasteiger charge is -2.19. The standard InChI is InChI=1S/C15H21N3O/c1-3-5-14(17)9-15(19)18(2)11-13-7-4-6-12(8-13)10-16/h4,6-8,14H,3,5,9,11,17H2,1-2H3. The van der Waals surface area contributed by atoms with Crippen LogP contribution in [0, 0.1) is 11.3 Å². The van der Waals surface area contributed by atoms with Gasteiger partial charge in [0.05, 0.1) is 11.6 Å². The van der Waals surface area contributed by atoms with Crippen molar-refractivity contribution in [2.45, 2.75) is 38.8 Å². The Balaban J connectivity index is 2.56. The summed E-state index contributed by atoms with van der Waals surface area (Å²) >= 11 is 0. The Morgan fingerprint density at radius 2 is 2.26 bits per heavy atom. The average molecular weight is 259 g/mol. The molecule has 4 nitrogen and oxygen atoms in total. The van der Waals surface area contributed by atoms with Crippen LogP contribution >= 0.6 is 0 Å². The number of benzene rings is 1. The zero-order chi connectivity index (χ0) is 14.3. The van der Waals surface area contributed by atoms with Crippen molar-refractivity contribution >= 4 is 5.91 Å². The molecule has 1 rings (SSSR count). The highest BCUT2D eigenvalue weighted by atomic mass is 16.2. The van der Waals surface area contributed by atoms with Crippen molar-refractivity contribution < 1.29 is 4.79 Å². The van der Waals surface area contributed by atoms with E-state index >= 15 is 0 Å². The molecule has 0 heterocycles. The molecular formula is C15H21N3O. The van der Waals surface area contributed by atoms with E-state index < -0.39 is 0 Å². The van der Waals surface area contributed by atoms with Gasteiger partial charge < -0.3 is 10.6 Å². The molecule has 1 aromatic carbocycles. The van der Waals surface area contributed by atoms with Crippen LogP contribution in [0.3, 0.4) is 0 Å². The van der Waals surface area contributed by atoms with E-state index in [1.54, 1.807) is 24.1 Å². The first kappa shape index (κ1) is 15.2. The summed E-state index contributed by atoms with van der Waals surface area (Å²) in [6.07, 6.45) is 2.23. The first-order chi connectivity index (χ1) is 9.06. The third-order valence-electron chi connectivity index (χ3n) is 3.00. The minimum Gasteiger partial charge on any atom is -0.341 e. The molecule has 4 heteroatoms. The van der Waals surface area contributed by atoms with Crippen LogP contribution in [0.4, 0.5) is 0 Å². The van der Waals surface area contributed by atoms with E-state index in [4.69, 9.17) is 11.0 Å². The van der Waals surface area contributed by atoms with Crippen molar-refractivity contribution in [1.29, 1.82) is 5.26 Å². The molecule has 1 amide bonds. The molecule has 1 atom stereocenters. The molecule has 0 aromatic heterocycles. The molecule has 0 aliphatic rings. The quantitative estimate of drug-likeness (QED) is 0.849. The number of carbonyl (C=O) groups excluding carboxylic acids is 1. The summed E-state index contributed by atoms with van der Waals surface area (Å²) < 4.78 is 0. The van der Waals surface area contributed by atoms with Gasteiger partial charge in [0.1, 0.15) is 0 Å². The molecular weight excluding hydrogens is 238 g/mol.